The number of rotatable bonds is 5. The molecule has 140 valence electrons. The molecule has 2 aromatic rings. The van der Waals surface area contributed by atoms with Crippen LogP contribution >= 0.6 is 35.0 Å². The van der Waals surface area contributed by atoms with Crippen molar-refractivity contribution in [2.45, 2.75) is 36.6 Å². The first-order chi connectivity index (χ1) is 12.1. The summed E-state index contributed by atoms with van der Waals surface area (Å²) < 4.78 is 42.0. The highest BCUT2D eigenvalue weighted by molar-refractivity contribution is 8.26. The van der Waals surface area contributed by atoms with Crippen LogP contribution in [0.1, 0.15) is 25.6 Å². The summed E-state index contributed by atoms with van der Waals surface area (Å²) in [7, 11) is -1.55. The van der Waals surface area contributed by atoms with E-state index in [1.54, 1.807) is 0 Å². The Morgan fingerprint density at radius 2 is 2.12 bits per heavy atom. The Labute approximate surface area is 164 Å². The van der Waals surface area contributed by atoms with Gasteiger partial charge in [-0.05, 0) is 37.6 Å². The average molecular weight is 440 g/mol. The van der Waals surface area contributed by atoms with E-state index in [2.05, 4.69) is 9.71 Å². The number of halogens is 4. The van der Waals surface area contributed by atoms with Crippen LogP contribution in [0.3, 0.4) is 0 Å². The van der Waals surface area contributed by atoms with Gasteiger partial charge in [0.2, 0.25) is 0 Å². The van der Waals surface area contributed by atoms with Crippen LogP contribution in [-0.4, -0.2) is 35.6 Å². The molecular formula is C14H13Cl2F2N5OS2. The van der Waals surface area contributed by atoms with Crippen LogP contribution in [0, 0.1) is 10.8 Å². The standard InChI is InChI=1S/C14H13Cl2F2N5OS2/c1-14(2-3-14)22-26(24)6-4-7(15)8-9(16)21-13(23(8)5-6)12(20)25-11(19)10(17)18/h4-5,10,19-20,22H,2-3H2,1H3. The molecule has 0 saturated heterocycles. The molecule has 0 bridgehead atoms. The number of nitrogens with one attached hydrogen (secondary N) is 3. The minimum absolute atomic E-state index is 0.0154. The molecule has 1 aliphatic rings. The van der Waals surface area contributed by atoms with Gasteiger partial charge in [-0.3, -0.25) is 15.2 Å². The molecule has 0 radical (unpaired) electrons. The van der Waals surface area contributed by atoms with Gasteiger partial charge in [-0.2, -0.15) is 0 Å². The Morgan fingerprint density at radius 1 is 1.46 bits per heavy atom. The zero-order valence-corrected chi connectivity index (χ0v) is 16.4. The summed E-state index contributed by atoms with van der Waals surface area (Å²) in [4.78, 5) is 4.33. The van der Waals surface area contributed by atoms with Crippen molar-refractivity contribution in [3.8, 4) is 0 Å². The van der Waals surface area contributed by atoms with Gasteiger partial charge >= 0.3 is 0 Å². The van der Waals surface area contributed by atoms with Crippen molar-refractivity contribution in [2.24, 2.45) is 0 Å². The van der Waals surface area contributed by atoms with E-state index < -0.39 is 27.5 Å². The van der Waals surface area contributed by atoms with Gasteiger partial charge in [0.05, 0.1) is 9.92 Å². The monoisotopic (exact) mass is 439 g/mol. The van der Waals surface area contributed by atoms with Crippen molar-refractivity contribution in [1.29, 1.82) is 10.8 Å². The highest BCUT2D eigenvalue weighted by atomic mass is 35.5. The van der Waals surface area contributed by atoms with Crippen LogP contribution in [0.5, 0.6) is 0 Å². The summed E-state index contributed by atoms with van der Waals surface area (Å²) in [5.41, 5.74) is 0.0898. The molecule has 2 heterocycles. The highest BCUT2D eigenvalue weighted by Crippen LogP contribution is 2.36. The Bertz CT molecular complexity index is 945. The third kappa shape index (κ3) is 3.94. The van der Waals surface area contributed by atoms with Gasteiger partial charge < -0.3 is 0 Å². The SMILES string of the molecule is CC1(NS(=O)c2cc(Cl)c3c(Cl)nc(C(=N)SC(=N)C(F)F)n3c2)CC1. The molecule has 1 aliphatic carbocycles. The Hall–Kier alpha value is -1.07. The first kappa shape index (κ1) is 19.7. The van der Waals surface area contributed by atoms with Crippen molar-refractivity contribution < 1.29 is 13.0 Å². The predicted molar refractivity (Wildman–Crippen MR) is 101 cm³/mol. The number of nitrogens with zero attached hydrogens (tertiary/aromatic N) is 2. The predicted octanol–water partition coefficient (Wildman–Crippen LogP) is 4.11. The second kappa shape index (κ2) is 7.16. The van der Waals surface area contributed by atoms with E-state index >= 15 is 0 Å². The summed E-state index contributed by atoms with van der Waals surface area (Å²) >= 11 is 12.6. The molecule has 1 unspecified atom stereocenters. The Kier molecular flexibility index (Phi) is 5.42. The van der Waals surface area contributed by atoms with E-state index in [0.29, 0.717) is 4.90 Å². The van der Waals surface area contributed by atoms with Gasteiger partial charge in [-0.25, -0.2) is 22.7 Å². The number of imidazole rings is 1. The summed E-state index contributed by atoms with van der Waals surface area (Å²) in [6, 6.07) is 1.49. The summed E-state index contributed by atoms with van der Waals surface area (Å²) in [5, 5.41) is 14.0. The Morgan fingerprint density at radius 3 is 2.69 bits per heavy atom. The lowest BCUT2D eigenvalue weighted by atomic mass is 10.4. The van der Waals surface area contributed by atoms with Crippen LogP contribution in [0.2, 0.25) is 10.2 Å². The molecule has 12 heteroatoms. The van der Waals surface area contributed by atoms with E-state index in [1.807, 2.05) is 6.92 Å². The molecular weight excluding hydrogens is 427 g/mol. The average Bonchev–Trinajstić information content (AvgIpc) is 3.17. The number of thioether (sulfide) groups is 1. The minimum Gasteiger partial charge on any atom is -0.294 e. The fourth-order valence-corrected chi connectivity index (χ4v) is 4.56. The third-order valence-corrected chi connectivity index (χ3v) is 6.45. The lowest BCUT2D eigenvalue weighted by molar-refractivity contribution is 0.228. The largest absolute Gasteiger partial charge is 0.294 e. The van der Waals surface area contributed by atoms with Crippen molar-refractivity contribution in [1.82, 2.24) is 14.1 Å². The second-order valence-corrected chi connectivity index (χ2v) is 9.03. The van der Waals surface area contributed by atoms with Crippen LogP contribution in [0.4, 0.5) is 8.78 Å². The molecule has 0 spiro atoms. The zero-order valence-electron chi connectivity index (χ0n) is 13.3. The van der Waals surface area contributed by atoms with Crippen molar-refractivity contribution in [2.75, 3.05) is 0 Å². The molecule has 6 nitrogen and oxygen atoms in total. The molecule has 1 atom stereocenters. The van der Waals surface area contributed by atoms with Crippen LogP contribution in [-0.2, 0) is 11.0 Å². The normalized spacial score (nSPS) is 16.8. The van der Waals surface area contributed by atoms with Crippen LogP contribution < -0.4 is 4.72 Å². The molecule has 3 rings (SSSR count). The molecule has 1 saturated carbocycles. The maximum Gasteiger partial charge on any atom is 0.285 e. The van der Waals surface area contributed by atoms with E-state index in [4.69, 9.17) is 34.0 Å². The smallest absolute Gasteiger partial charge is 0.285 e. The zero-order chi connectivity index (χ0) is 19.2. The van der Waals surface area contributed by atoms with Gasteiger partial charge in [0.15, 0.2) is 11.0 Å². The first-order valence-corrected chi connectivity index (χ1v) is 10.0. The molecule has 3 N–H and O–H groups in total. The molecule has 26 heavy (non-hydrogen) atoms. The molecule has 0 aromatic carbocycles. The fraction of sp³-hybridized carbons (Fsp3) is 0.357. The van der Waals surface area contributed by atoms with Crippen LogP contribution in [0.15, 0.2) is 17.2 Å². The molecule has 2 aromatic heterocycles. The van der Waals surface area contributed by atoms with E-state index in [0.717, 1.165) is 12.8 Å². The molecule has 1 fully saturated rings. The lowest BCUT2D eigenvalue weighted by Gasteiger charge is -2.12. The second-order valence-electron chi connectivity index (χ2n) is 6.00. The quantitative estimate of drug-likeness (QED) is 0.483. The number of hydrogen-bond acceptors (Lipinski definition) is 5. The summed E-state index contributed by atoms with van der Waals surface area (Å²) in [6.07, 6.45) is 0.282. The van der Waals surface area contributed by atoms with Crippen molar-refractivity contribution in [3.63, 3.8) is 0 Å². The maximum atomic E-state index is 12.6. The highest BCUT2D eigenvalue weighted by Gasteiger charge is 2.39. The van der Waals surface area contributed by atoms with Gasteiger partial charge in [0.1, 0.15) is 26.6 Å². The number of fused-ring (bicyclic) bond motifs is 1. The summed E-state index contributed by atoms with van der Waals surface area (Å²) in [5.74, 6) is -0.0567. The van der Waals surface area contributed by atoms with E-state index in [-0.39, 0.29) is 38.8 Å². The van der Waals surface area contributed by atoms with Gasteiger partial charge in [-0.1, -0.05) is 23.2 Å². The van der Waals surface area contributed by atoms with E-state index in [9.17, 15) is 13.0 Å². The van der Waals surface area contributed by atoms with E-state index in [1.165, 1.54) is 16.7 Å². The Balaban J connectivity index is 2.00. The summed E-state index contributed by atoms with van der Waals surface area (Å²) in [6.45, 7) is 1.95. The van der Waals surface area contributed by atoms with Crippen molar-refractivity contribution in [3.05, 3.63) is 28.3 Å². The minimum atomic E-state index is -2.99. The van der Waals surface area contributed by atoms with Crippen molar-refractivity contribution >= 4 is 61.6 Å². The fourth-order valence-electron chi connectivity index (χ4n) is 2.14. The van der Waals surface area contributed by atoms with Gasteiger partial charge in [-0.15, -0.1) is 0 Å². The lowest BCUT2D eigenvalue weighted by Crippen LogP contribution is -2.29. The third-order valence-electron chi connectivity index (χ3n) is 3.79. The molecule has 0 aliphatic heterocycles. The topological polar surface area (TPSA) is 94.1 Å². The number of alkyl halides is 2. The van der Waals surface area contributed by atoms with Crippen LogP contribution in [0.25, 0.3) is 5.52 Å². The number of aromatic nitrogens is 2. The van der Waals surface area contributed by atoms with Gasteiger partial charge in [0.25, 0.3) is 6.43 Å². The maximum absolute atomic E-state index is 12.6. The first-order valence-electron chi connectivity index (χ1n) is 7.31. The van der Waals surface area contributed by atoms with Gasteiger partial charge in [0, 0.05) is 11.7 Å². The number of pyridine rings is 1. The molecule has 0 amide bonds. The number of hydrogen-bond donors (Lipinski definition) is 3.